The Morgan fingerprint density at radius 3 is 2.77 bits per heavy atom. The van der Waals surface area contributed by atoms with Crippen molar-refractivity contribution in [2.75, 3.05) is 43.9 Å². The van der Waals surface area contributed by atoms with Gasteiger partial charge in [-0.25, -0.2) is 13.8 Å². The van der Waals surface area contributed by atoms with Crippen LogP contribution in [0.15, 0.2) is 41.6 Å². The Balaban J connectivity index is 1.26. The minimum atomic E-state index is -0.869. The molecule has 2 bridgehead atoms. The first-order valence-corrected chi connectivity index (χ1v) is 16.3. The van der Waals surface area contributed by atoms with Gasteiger partial charge in [0.2, 0.25) is 0 Å². The molecule has 4 fully saturated rings. The van der Waals surface area contributed by atoms with Crippen LogP contribution in [0.3, 0.4) is 0 Å². The number of thioether (sulfide) groups is 1. The fraction of sp³-hybridized carbons (Fsp3) is 0.469. The van der Waals surface area contributed by atoms with E-state index in [1.165, 1.54) is 11.8 Å². The Morgan fingerprint density at radius 1 is 1.12 bits per heavy atom. The highest BCUT2D eigenvalue weighted by Crippen LogP contribution is 2.43. The van der Waals surface area contributed by atoms with Crippen molar-refractivity contribution in [3.63, 3.8) is 0 Å². The van der Waals surface area contributed by atoms with Gasteiger partial charge in [-0.3, -0.25) is 4.90 Å². The summed E-state index contributed by atoms with van der Waals surface area (Å²) in [5.41, 5.74) is 0.679. The number of piperazine rings is 1. The van der Waals surface area contributed by atoms with Gasteiger partial charge in [0.1, 0.15) is 34.9 Å². The molecule has 0 aliphatic carbocycles. The second-order valence-corrected chi connectivity index (χ2v) is 13.3. The van der Waals surface area contributed by atoms with Crippen LogP contribution in [0.2, 0.25) is 0 Å². The number of alkyl halides is 1. The Hall–Kier alpha value is -3.28. The number of aromatic nitrogens is 3. The van der Waals surface area contributed by atoms with E-state index in [0.29, 0.717) is 47.4 Å². The van der Waals surface area contributed by atoms with Crippen LogP contribution in [0.1, 0.15) is 32.1 Å². The number of fused-ring (bicyclic) bond motifs is 5. The molecule has 0 amide bonds. The van der Waals surface area contributed by atoms with Gasteiger partial charge in [-0.1, -0.05) is 6.07 Å². The molecule has 43 heavy (non-hydrogen) atoms. The SMILES string of the molecule is CSc1nccc2cc(O)cc(-c3ccc4c(N5C[C@H]6CC[C@@H](C5)N6)nc(OC[C@@]56CCCN5C[C@H](F)C6)nc4c3F)c12. The van der Waals surface area contributed by atoms with Crippen LogP contribution in [0.5, 0.6) is 11.8 Å². The van der Waals surface area contributed by atoms with Gasteiger partial charge < -0.3 is 20.1 Å². The van der Waals surface area contributed by atoms with Crippen LogP contribution >= 0.6 is 11.8 Å². The largest absolute Gasteiger partial charge is 0.508 e. The number of phenolic OH excluding ortho intramolecular Hbond substituents is 1. The fourth-order valence-electron chi connectivity index (χ4n) is 7.89. The molecule has 4 saturated heterocycles. The predicted octanol–water partition coefficient (Wildman–Crippen LogP) is 5.31. The minimum absolute atomic E-state index is 0.0482. The minimum Gasteiger partial charge on any atom is -0.508 e. The maximum absolute atomic E-state index is 16.8. The molecular weight excluding hydrogens is 570 g/mol. The zero-order valence-electron chi connectivity index (χ0n) is 24.0. The summed E-state index contributed by atoms with van der Waals surface area (Å²) in [5, 5.41) is 17.2. The summed E-state index contributed by atoms with van der Waals surface area (Å²) in [6.07, 6.45) is 7.26. The molecule has 11 heteroatoms. The van der Waals surface area contributed by atoms with Crippen LogP contribution in [0.4, 0.5) is 14.6 Å². The summed E-state index contributed by atoms with van der Waals surface area (Å²) in [7, 11) is 0. The van der Waals surface area contributed by atoms with Gasteiger partial charge in [0.25, 0.3) is 0 Å². The van der Waals surface area contributed by atoms with Crippen LogP contribution in [0, 0.1) is 5.82 Å². The molecular formula is C32H34F2N6O2S. The van der Waals surface area contributed by atoms with E-state index in [1.54, 1.807) is 24.4 Å². The number of nitrogens with zero attached hydrogens (tertiary/aromatic N) is 5. The van der Waals surface area contributed by atoms with Crippen LogP contribution < -0.4 is 15.0 Å². The number of aromatic hydroxyl groups is 1. The molecule has 224 valence electrons. The molecule has 8 nitrogen and oxygen atoms in total. The third kappa shape index (κ3) is 4.58. The molecule has 4 aromatic rings. The number of anilines is 1. The van der Waals surface area contributed by atoms with Crippen molar-refractivity contribution >= 4 is 39.3 Å². The topological polar surface area (TPSA) is 86.6 Å². The lowest BCUT2D eigenvalue weighted by Crippen LogP contribution is -2.51. The van der Waals surface area contributed by atoms with Crippen molar-refractivity contribution in [3.05, 3.63) is 42.3 Å². The normalized spacial score (nSPS) is 27.0. The molecule has 2 N–H and O–H groups in total. The van der Waals surface area contributed by atoms with Gasteiger partial charge in [0.05, 0.1) is 5.54 Å². The van der Waals surface area contributed by atoms with E-state index in [2.05, 4.69) is 25.1 Å². The number of ether oxygens (including phenoxy) is 1. The van der Waals surface area contributed by atoms with Crippen molar-refractivity contribution in [1.82, 2.24) is 25.2 Å². The van der Waals surface area contributed by atoms with Crippen molar-refractivity contribution < 1.29 is 18.6 Å². The lowest BCUT2D eigenvalue weighted by Gasteiger charge is -2.34. The number of phenols is 1. The monoisotopic (exact) mass is 604 g/mol. The number of hydrogen-bond acceptors (Lipinski definition) is 9. The van der Waals surface area contributed by atoms with E-state index in [1.807, 2.05) is 18.4 Å². The zero-order valence-corrected chi connectivity index (χ0v) is 24.8. The first-order chi connectivity index (χ1) is 20.9. The van der Waals surface area contributed by atoms with Gasteiger partial charge in [-0.15, -0.1) is 11.8 Å². The summed E-state index contributed by atoms with van der Waals surface area (Å²) in [4.78, 5) is 18.5. The highest BCUT2D eigenvalue weighted by Gasteiger charge is 2.49. The maximum Gasteiger partial charge on any atom is 0.319 e. The van der Waals surface area contributed by atoms with Gasteiger partial charge in [0, 0.05) is 60.7 Å². The van der Waals surface area contributed by atoms with Crippen molar-refractivity contribution in [1.29, 1.82) is 0 Å². The highest BCUT2D eigenvalue weighted by molar-refractivity contribution is 7.98. The van der Waals surface area contributed by atoms with Crippen LogP contribution in [-0.4, -0.2) is 87.8 Å². The fourth-order valence-corrected chi connectivity index (χ4v) is 8.49. The second-order valence-electron chi connectivity index (χ2n) is 12.5. The highest BCUT2D eigenvalue weighted by atomic mass is 32.2. The third-order valence-electron chi connectivity index (χ3n) is 9.81. The van der Waals surface area contributed by atoms with E-state index in [9.17, 15) is 9.50 Å². The first kappa shape index (κ1) is 27.3. The first-order valence-electron chi connectivity index (χ1n) is 15.1. The van der Waals surface area contributed by atoms with E-state index in [0.717, 1.165) is 61.1 Å². The molecule has 8 rings (SSSR count). The molecule has 2 aromatic carbocycles. The van der Waals surface area contributed by atoms with Crippen molar-refractivity contribution in [2.45, 2.75) is 60.9 Å². The Kier molecular flexibility index (Phi) is 6.61. The van der Waals surface area contributed by atoms with Crippen molar-refractivity contribution in [3.8, 4) is 22.9 Å². The van der Waals surface area contributed by atoms with Gasteiger partial charge in [0.15, 0.2) is 5.82 Å². The third-order valence-corrected chi connectivity index (χ3v) is 10.5. The smallest absolute Gasteiger partial charge is 0.319 e. The van der Waals surface area contributed by atoms with Crippen LogP contribution in [0.25, 0.3) is 32.8 Å². The van der Waals surface area contributed by atoms with E-state index in [-0.39, 0.29) is 29.4 Å². The molecule has 0 unspecified atom stereocenters. The summed E-state index contributed by atoms with van der Waals surface area (Å²) in [6.45, 7) is 3.10. The molecule has 4 aliphatic heterocycles. The molecule has 4 aliphatic rings. The molecule has 4 atom stereocenters. The number of benzene rings is 2. The van der Waals surface area contributed by atoms with E-state index in [4.69, 9.17) is 9.72 Å². The number of rotatable bonds is 6. The zero-order chi connectivity index (χ0) is 29.3. The quantitative estimate of drug-likeness (QED) is 0.285. The standard InChI is InChI=1S/C32H34F2N6O2S/c1-43-30-26-18(7-9-35-30)11-22(41)12-25(26)23-5-6-24-28(27(23)34)37-31(38-29(24)39-15-20-3-4-21(16-39)36-20)42-17-32-8-2-10-40(32)14-19(33)13-32/h5-7,9,11-12,19-21,36,41H,2-4,8,10,13-17H2,1H3/t19-,20-,21+,32+/m1/s1. The Morgan fingerprint density at radius 2 is 1.95 bits per heavy atom. The van der Waals surface area contributed by atoms with Gasteiger partial charge >= 0.3 is 6.01 Å². The lowest BCUT2D eigenvalue weighted by atomic mass is 9.95. The number of pyridine rings is 1. The lowest BCUT2D eigenvalue weighted by molar-refractivity contribution is 0.107. The summed E-state index contributed by atoms with van der Waals surface area (Å²) < 4.78 is 37.5. The van der Waals surface area contributed by atoms with E-state index >= 15 is 4.39 Å². The molecule has 0 saturated carbocycles. The number of halogens is 2. The number of hydrogen-bond donors (Lipinski definition) is 2. The second kappa shape index (κ2) is 10.4. The summed E-state index contributed by atoms with van der Waals surface area (Å²) in [5.74, 6) is 0.205. The summed E-state index contributed by atoms with van der Waals surface area (Å²) >= 11 is 1.47. The summed E-state index contributed by atoms with van der Waals surface area (Å²) in [6, 6.07) is 9.54. The maximum atomic E-state index is 16.8. The average molecular weight is 605 g/mol. The average Bonchev–Trinajstić information content (AvgIpc) is 3.65. The molecule has 6 heterocycles. The van der Waals surface area contributed by atoms with Crippen LogP contribution in [-0.2, 0) is 0 Å². The van der Waals surface area contributed by atoms with Gasteiger partial charge in [-0.05, 0) is 73.7 Å². The van der Waals surface area contributed by atoms with Crippen molar-refractivity contribution in [2.24, 2.45) is 0 Å². The predicted molar refractivity (Wildman–Crippen MR) is 164 cm³/mol. The number of nitrogens with one attached hydrogen (secondary N) is 1. The molecule has 0 spiro atoms. The Labute approximate surface area is 252 Å². The molecule has 2 aromatic heterocycles. The van der Waals surface area contributed by atoms with Gasteiger partial charge in [-0.2, -0.15) is 9.97 Å². The van der Waals surface area contributed by atoms with E-state index < -0.39 is 12.0 Å². The molecule has 0 radical (unpaired) electrons. The Bertz CT molecular complexity index is 1730.